The molecule has 9 heteroatoms. The summed E-state index contributed by atoms with van der Waals surface area (Å²) in [6.45, 7) is 2.79. The number of carbonyl (C=O) groups is 2. The Morgan fingerprint density at radius 2 is 1.46 bits per heavy atom. The van der Waals surface area contributed by atoms with E-state index in [4.69, 9.17) is 33.2 Å². The number of methoxy groups -OCH3 is 4. The second-order valence-corrected chi connectivity index (χ2v) is 8.58. The molecule has 0 amide bonds. The molecule has 0 unspecified atom stereocenters. The average molecular weight is 487 g/mol. The van der Waals surface area contributed by atoms with E-state index in [-0.39, 0.29) is 25.0 Å². The van der Waals surface area contributed by atoms with Crippen molar-refractivity contribution >= 4 is 11.9 Å². The molecule has 0 saturated carbocycles. The van der Waals surface area contributed by atoms with Crippen LogP contribution in [0.15, 0.2) is 30.3 Å². The zero-order valence-corrected chi connectivity index (χ0v) is 20.7. The van der Waals surface area contributed by atoms with Crippen molar-refractivity contribution < 1.29 is 42.7 Å². The Balaban J connectivity index is 1.98. The molecule has 1 aliphatic carbocycles. The van der Waals surface area contributed by atoms with E-state index in [1.54, 1.807) is 28.4 Å². The molecule has 9 nitrogen and oxygen atoms in total. The molecule has 4 atom stereocenters. The van der Waals surface area contributed by atoms with Crippen molar-refractivity contribution in [3.8, 4) is 23.0 Å². The summed E-state index contributed by atoms with van der Waals surface area (Å²) in [5, 5.41) is 0. The number of carbonyl (C=O) groups excluding carboxylic acids is 2. The van der Waals surface area contributed by atoms with E-state index in [1.807, 2.05) is 30.3 Å². The molecule has 35 heavy (non-hydrogen) atoms. The molecule has 1 saturated heterocycles. The fourth-order valence-electron chi connectivity index (χ4n) is 5.31. The van der Waals surface area contributed by atoms with Gasteiger partial charge in [0.2, 0.25) is 0 Å². The van der Waals surface area contributed by atoms with E-state index in [2.05, 4.69) is 0 Å². The van der Waals surface area contributed by atoms with Gasteiger partial charge in [-0.15, -0.1) is 0 Å². The van der Waals surface area contributed by atoms with Crippen LogP contribution in [0.3, 0.4) is 0 Å². The van der Waals surface area contributed by atoms with Crippen molar-refractivity contribution in [3.63, 3.8) is 0 Å². The van der Waals surface area contributed by atoms with E-state index in [0.717, 1.165) is 16.7 Å². The third kappa shape index (κ3) is 4.14. The van der Waals surface area contributed by atoms with Gasteiger partial charge in [-0.1, -0.05) is 6.07 Å². The second kappa shape index (κ2) is 9.65. The van der Waals surface area contributed by atoms with Crippen LogP contribution in [0.25, 0.3) is 0 Å². The van der Waals surface area contributed by atoms with Gasteiger partial charge in [-0.25, -0.2) is 0 Å². The number of hydrogen-bond donors (Lipinski definition) is 0. The van der Waals surface area contributed by atoms with Crippen LogP contribution < -0.4 is 18.9 Å². The van der Waals surface area contributed by atoms with Gasteiger partial charge in [0.15, 0.2) is 28.6 Å². The van der Waals surface area contributed by atoms with Gasteiger partial charge in [0.05, 0.1) is 35.0 Å². The topological polar surface area (TPSA) is 98.8 Å². The molecule has 2 aromatic rings. The van der Waals surface area contributed by atoms with Crippen LogP contribution in [-0.4, -0.2) is 59.2 Å². The summed E-state index contributed by atoms with van der Waals surface area (Å²) in [4.78, 5) is 24.2. The first-order chi connectivity index (χ1) is 16.8. The van der Waals surface area contributed by atoms with Crippen molar-refractivity contribution in [2.45, 2.75) is 31.5 Å². The summed E-state index contributed by atoms with van der Waals surface area (Å²) >= 11 is 0. The van der Waals surface area contributed by atoms with Crippen molar-refractivity contribution in [2.24, 2.45) is 5.92 Å². The molecule has 1 fully saturated rings. The molecule has 4 rings (SSSR count). The van der Waals surface area contributed by atoms with Crippen LogP contribution in [0.2, 0.25) is 0 Å². The van der Waals surface area contributed by atoms with Gasteiger partial charge < -0.3 is 33.2 Å². The number of benzene rings is 2. The second-order valence-electron chi connectivity index (χ2n) is 8.58. The minimum absolute atomic E-state index is 0.144. The van der Waals surface area contributed by atoms with E-state index in [0.29, 0.717) is 23.0 Å². The highest BCUT2D eigenvalue weighted by molar-refractivity contribution is 5.68. The van der Waals surface area contributed by atoms with Gasteiger partial charge >= 0.3 is 11.9 Å². The maximum absolute atomic E-state index is 12.3. The molecule has 0 N–H and O–H groups in total. The fraction of sp³-hybridized carbons (Fsp3) is 0.462. The minimum atomic E-state index is -1.23. The van der Waals surface area contributed by atoms with Gasteiger partial charge in [-0.2, -0.15) is 0 Å². The first kappa shape index (κ1) is 24.7. The number of ether oxygens (including phenoxy) is 7. The van der Waals surface area contributed by atoms with Crippen molar-refractivity contribution in [3.05, 3.63) is 47.0 Å². The summed E-state index contributed by atoms with van der Waals surface area (Å²) in [6.07, 6.45) is -0.665. The van der Waals surface area contributed by atoms with Crippen LogP contribution in [-0.2, 0) is 23.8 Å². The Kier molecular flexibility index (Phi) is 6.80. The maximum Gasteiger partial charge on any atom is 0.303 e. The van der Waals surface area contributed by atoms with Crippen molar-refractivity contribution in [1.82, 2.24) is 0 Å². The lowest BCUT2D eigenvalue weighted by Gasteiger charge is -2.45. The standard InChI is InChI=1S/C26H30O9/c1-14(27)34-13-26(35-15(2)28)19-12-33-25(26)18-11-23(32-6)22(31-5)10-17(18)24(19)16-7-8-20(29-3)21(9-16)30-4/h7-11,19,24-25H,12-13H2,1-6H3/t19-,24+,25+,26-/m1/s1. The van der Waals surface area contributed by atoms with Gasteiger partial charge in [-0.05, 0) is 41.0 Å². The van der Waals surface area contributed by atoms with Crippen LogP contribution in [0.1, 0.15) is 42.6 Å². The van der Waals surface area contributed by atoms with E-state index < -0.39 is 23.6 Å². The summed E-state index contributed by atoms with van der Waals surface area (Å²) < 4.78 is 39.8. The Labute approximate surface area is 204 Å². The van der Waals surface area contributed by atoms with E-state index in [1.165, 1.54) is 13.8 Å². The van der Waals surface area contributed by atoms with Gasteiger partial charge in [0.25, 0.3) is 0 Å². The monoisotopic (exact) mass is 486 g/mol. The zero-order valence-electron chi connectivity index (χ0n) is 20.7. The molecule has 2 aliphatic rings. The third-order valence-electron chi connectivity index (χ3n) is 6.72. The molecule has 0 radical (unpaired) electrons. The molecule has 2 bridgehead atoms. The van der Waals surface area contributed by atoms with Gasteiger partial charge in [-0.3, -0.25) is 9.59 Å². The van der Waals surface area contributed by atoms with E-state index >= 15 is 0 Å². The Hall–Kier alpha value is -3.46. The molecular formula is C26H30O9. The first-order valence-electron chi connectivity index (χ1n) is 11.2. The molecule has 188 valence electrons. The molecule has 1 aliphatic heterocycles. The predicted molar refractivity (Wildman–Crippen MR) is 124 cm³/mol. The molecule has 2 aromatic carbocycles. The van der Waals surface area contributed by atoms with E-state index in [9.17, 15) is 9.59 Å². The quantitative estimate of drug-likeness (QED) is 0.520. The molecule has 0 spiro atoms. The van der Waals surface area contributed by atoms with Crippen molar-refractivity contribution in [1.29, 1.82) is 0 Å². The summed E-state index contributed by atoms with van der Waals surface area (Å²) in [7, 11) is 6.27. The highest BCUT2D eigenvalue weighted by Gasteiger charge is 2.63. The molecule has 1 heterocycles. The van der Waals surface area contributed by atoms with Gasteiger partial charge in [0, 0.05) is 25.7 Å². The predicted octanol–water partition coefficient (Wildman–Crippen LogP) is 3.42. The summed E-state index contributed by atoms with van der Waals surface area (Å²) in [5.74, 6) is 0.589. The lowest BCUT2D eigenvalue weighted by atomic mass is 9.64. The Morgan fingerprint density at radius 1 is 0.857 bits per heavy atom. The lowest BCUT2D eigenvalue weighted by Crippen LogP contribution is -2.52. The van der Waals surface area contributed by atoms with Crippen LogP contribution in [0, 0.1) is 5.92 Å². The normalized spacial score (nSPS) is 24.2. The highest BCUT2D eigenvalue weighted by Crippen LogP contribution is 2.59. The largest absolute Gasteiger partial charge is 0.493 e. The average Bonchev–Trinajstić information content (AvgIpc) is 3.09. The molecule has 0 aromatic heterocycles. The lowest BCUT2D eigenvalue weighted by molar-refractivity contribution is -0.186. The van der Waals surface area contributed by atoms with Crippen LogP contribution in [0.5, 0.6) is 23.0 Å². The minimum Gasteiger partial charge on any atom is -0.493 e. The number of hydrogen-bond acceptors (Lipinski definition) is 9. The Morgan fingerprint density at radius 3 is 2.03 bits per heavy atom. The number of fused-ring (bicyclic) bond motifs is 4. The van der Waals surface area contributed by atoms with Crippen LogP contribution >= 0.6 is 0 Å². The molecular weight excluding hydrogens is 456 g/mol. The van der Waals surface area contributed by atoms with Gasteiger partial charge in [0.1, 0.15) is 12.7 Å². The Bertz CT molecular complexity index is 1130. The number of esters is 2. The zero-order chi connectivity index (χ0) is 25.3. The first-order valence-corrected chi connectivity index (χ1v) is 11.2. The smallest absolute Gasteiger partial charge is 0.303 e. The van der Waals surface area contributed by atoms with Crippen molar-refractivity contribution in [2.75, 3.05) is 41.7 Å². The summed E-state index contributed by atoms with van der Waals surface area (Å²) in [6, 6.07) is 9.42. The van der Waals surface area contributed by atoms with Crippen LogP contribution in [0.4, 0.5) is 0 Å². The fourth-order valence-corrected chi connectivity index (χ4v) is 5.31. The number of rotatable bonds is 8. The summed E-state index contributed by atoms with van der Waals surface area (Å²) in [5.41, 5.74) is 1.36. The third-order valence-corrected chi connectivity index (χ3v) is 6.72. The SMILES string of the molecule is COc1ccc([C@H]2c3cc(OC)c(OC)cc3[C@@H]3OC[C@H]2[C@@]3(COC(C)=O)OC(C)=O)cc1OC. The highest BCUT2D eigenvalue weighted by atomic mass is 16.6. The maximum atomic E-state index is 12.3.